The van der Waals surface area contributed by atoms with E-state index in [1.54, 1.807) is 6.92 Å². The number of benzene rings is 1. The van der Waals surface area contributed by atoms with Crippen LogP contribution in [-0.4, -0.2) is 44.2 Å². The van der Waals surface area contributed by atoms with Crippen molar-refractivity contribution in [3.63, 3.8) is 0 Å². The molecule has 0 bridgehead atoms. The fourth-order valence-electron chi connectivity index (χ4n) is 3.18. The van der Waals surface area contributed by atoms with Crippen molar-refractivity contribution in [2.24, 2.45) is 5.10 Å². The molecule has 0 spiro atoms. The molecular formula is C21H16F4N6O3. The number of carbonyl (C=O) groups is 2. The van der Waals surface area contributed by atoms with Crippen LogP contribution in [0.25, 0.3) is 11.4 Å². The van der Waals surface area contributed by atoms with E-state index in [0.29, 0.717) is 11.4 Å². The first kappa shape index (κ1) is 23.0. The molecule has 3 aromatic rings. The van der Waals surface area contributed by atoms with E-state index in [1.807, 2.05) is 0 Å². The van der Waals surface area contributed by atoms with Crippen LogP contribution >= 0.6 is 0 Å². The van der Waals surface area contributed by atoms with Crippen molar-refractivity contribution in [3.8, 4) is 11.4 Å². The van der Waals surface area contributed by atoms with Gasteiger partial charge in [0.2, 0.25) is 17.6 Å². The standard InChI is InChI=1S/C21H16F4N6O3/c1-12-7-17(32)31(28-12)11-18(33)30(16-4-2-3-14(22)8-16)10-15-6-5-13(9-26-15)19-27-20(34-29-19)21(23,24)25/h2-6,8-9H,7,10-11H2,1H3. The molecule has 9 nitrogen and oxygen atoms in total. The van der Waals surface area contributed by atoms with Crippen LogP contribution in [0.1, 0.15) is 24.9 Å². The molecule has 34 heavy (non-hydrogen) atoms. The molecule has 0 saturated heterocycles. The van der Waals surface area contributed by atoms with Gasteiger partial charge in [0.05, 0.1) is 18.7 Å². The van der Waals surface area contributed by atoms with Gasteiger partial charge in [0.15, 0.2) is 0 Å². The number of amides is 2. The number of alkyl halides is 3. The third-order valence-electron chi connectivity index (χ3n) is 4.76. The van der Waals surface area contributed by atoms with Crippen molar-refractivity contribution < 1.29 is 31.7 Å². The van der Waals surface area contributed by atoms with Crippen LogP contribution in [0.15, 0.2) is 52.2 Å². The van der Waals surface area contributed by atoms with Gasteiger partial charge >= 0.3 is 12.1 Å². The highest BCUT2D eigenvalue weighted by Crippen LogP contribution is 2.29. The summed E-state index contributed by atoms with van der Waals surface area (Å²) >= 11 is 0. The first-order valence-corrected chi connectivity index (χ1v) is 9.87. The quantitative estimate of drug-likeness (QED) is 0.505. The summed E-state index contributed by atoms with van der Waals surface area (Å²) < 4.78 is 56.1. The molecule has 0 unspecified atom stereocenters. The molecule has 0 radical (unpaired) electrons. The molecule has 1 aliphatic rings. The third-order valence-corrected chi connectivity index (χ3v) is 4.76. The highest BCUT2D eigenvalue weighted by Gasteiger charge is 2.38. The van der Waals surface area contributed by atoms with E-state index in [-0.39, 0.29) is 42.5 Å². The zero-order valence-electron chi connectivity index (χ0n) is 17.6. The second kappa shape index (κ2) is 9.00. The minimum atomic E-state index is -4.77. The largest absolute Gasteiger partial charge is 0.471 e. The SMILES string of the molecule is CC1=NN(CC(=O)N(Cc2ccc(-c3noc(C(F)(F)F)n3)cn2)c2cccc(F)c2)C(=O)C1. The predicted octanol–water partition coefficient (Wildman–Crippen LogP) is 3.43. The lowest BCUT2D eigenvalue weighted by Gasteiger charge is -2.24. The molecule has 0 atom stereocenters. The zero-order valence-corrected chi connectivity index (χ0v) is 17.6. The number of hydrogen-bond acceptors (Lipinski definition) is 7. The molecule has 1 aliphatic heterocycles. The van der Waals surface area contributed by atoms with Crippen LogP contribution in [0.5, 0.6) is 0 Å². The average Bonchev–Trinajstić information content (AvgIpc) is 3.39. The zero-order chi connectivity index (χ0) is 24.5. The van der Waals surface area contributed by atoms with Crippen LogP contribution in [0.3, 0.4) is 0 Å². The van der Waals surface area contributed by atoms with Gasteiger partial charge in [-0.1, -0.05) is 11.2 Å². The minimum absolute atomic E-state index is 0.104. The Morgan fingerprint density at radius 3 is 2.62 bits per heavy atom. The molecule has 176 valence electrons. The fraction of sp³-hybridized carbons (Fsp3) is 0.238. The van der Waals surface area contributed by atoms with Crippen molar-refractivity contribution in [2.75, 3.05) is 11.4 Å². The number of anilines is 1. The number of hydrogen-bond donors (Lipinski definition) is 0. The van der Waals surface area contributed by atoms with E-state index in [4.69, 9.17) is 0 Å². The van der Waals surface area contributed by atoms with Crippen molar-refractivity contribution in [1.82, 2.24) is 20.1 Å². The number of aromatic nitrogens is 3. The molecule has 2 amide bonds. The molecular weight excluding hydrogens is 460 g/mol. The van der Waals surface area contributed by atoms with Crippen LogP contribution in [-0.2, 0) is 22.3 Å². The molecule has 0 N–H and O–H groups in total. The maximum atomic E-state index is 13.8. The van der Waals surface area contributed by atoms with Crippen LogP contribution in [0.2, 0.25) is 0 Å². The lowest BCUT2D eigenvalue weighted by molar-refractivity contribution is -0.159. The van der Waals surface area contributed by atoms with Gasteiger partial charge in [-0.25, -0.2) is 9.40 Å². The minimum Gasteiger partial charge on any atom is -0.329 e. The van der Waals surface area contributed by atoms with Gasteiger partial charge in [-0.15, -0.1) is 0 Å². The number of nitrogens with zero attached hydrogens (tertiary/aromatic N) is 6. The van der Waals surface area contributed by atoms with Crippen LogP contribution in [0.4, 0.5) is 23.2 Å². The summed E-state index contributed by atoms with van der Waals surface area (Å²) in [5.74, 6) is -3.21. The first-order valence-electron chi connectivity index (χ1n) is 9.87. The van der Waals surface area contributed by atoms with Gasteiger partial charge < -0.3 is 9.42 Å². The van der Waals surface area contributed by atoms with Crippen LogP contribution in [0, 0.1) is 5.82 Å². The molecule has 4 rings (SSSR count). The summed E-state index contributed by atoms with van der Waals surface area (Å²) in [7, 11) is 0. The summed E-state index contributed by atoms with van der Waals surface area (Å²) in [5, 5.41) is 8.38. The normalized spacial score (nSPS) is 13.9. The summed E-state index contributed by atoms with van der Waals surface area (Å²) in [6.45, 7) is 1.21. The first-order chi connectivity index (χ1) is 16.1. The summed E-state index contributed by atoms with van der Waals surface area (Å²) in [6.07, 6.45) is -3.43. The number of rotatable bonds is 6. The Hall–Kier alpha value is -4.16. The van der Waals surface area contributed by atoms with Gasteiger partial charge in [0.1, 0.15) is 12.4 Å². The van der Waals surface area contributed by atoms with E-state index in [9.17, 15) is 27.2 Å². The van der Waals surface area contributed by atoms with E-state index in [2.05, 4.69) is 24.7 Å². The second-order valence-electron chi connectivity index (χ2n) is 7.38. The molecule has 0 fully saturated rings. The number of halogens is 4. The fourth-order valence-corrected chi connectivity index (χ4v) is 3.18. The maximum Gasteiger partial charge on any atom is 0.471 e. The van der Waals surface area contributed by atoms with Crippen molar-refractivity contribution in [2.45, 2.75) is 26.1 Å². The molecule has 1 aromatic carbocycles. The lowest BCUT2D eigenvalue weighted by atomic mass is 10.2. The summed E-state index contributed by atoms with van der Waals surface area (Å²) in [4.78, 5) is 33.7. The van der Waals surface area contributed by atoms with Crippen molar-refractivity contribution >= 4 is 23.2 Å². The molecule has 0 saturated carbocycles. The monoisotopic (exact) mass is 476 g/mol. The van der Waals surface area contributed by atoms with E-state index in [1.165, 1.54) is 41.4 Å². The highest BCUT2D eigenvalue weighted by atomic mass is 19.4. The summed E-state index contributed by atoms with van der Waals surface area (Å²) in [6, 6.07) is 8.20. The van der Waals surface area contributed by atoms with Gasteiger partial charge in [0, 0.05) is 23.2 Å². The third kappa shape index (κ3) is 5.08. The van der Waals surface area contributed by atoms with Crippen LogP contribution < -0.4 is 4.90 Å². The molecule has 3 heterocycles. The lowest BCUT2D eigenvalue weighted by Crippen LogP contribution is -2.39. The number of hydrazone groups is 1. The second-order valence-corrected chi connectivity index (χ2v) is 7.38. The Morgan fingerprint density at radius 2 is 2.03 bits per heavy atom. The molecule has 2 aromatic heterocycles. The van der Waals surface area contributed by atoms with E-state index < -0.39 is 23.8 Å². The molecule has 13 heteroatoms. The number of pyridine rings is 1. The number of carbonyl (C=O) groups excluding carboxylic acids is 2. The highest BCUT2D eigenvalue weighted by molar-refractivity contribution is 6.05. The Bertz CT molecular complexity index is 1260. The topological polar surface area (TPSA) is 105 Å². The predicted molar refractivity (Wildman–Crippen MR) is 110 cm³/mol. The van der Waals surface area contributed by atoms with Crippen molar-refractivity contribution in [3.05, 3.63) is 60.0 Å². The van der Waals surface area contributed by atoms with Crippen molar-refractivity contribution in [1.29, 1.82) is 0 Å². The van der Waals surface area contributed by atoms with Gasteiger partial charge in [-0.05, 0) is 37.3 Å². The Morgan fingerprint density at radius 1 is 1.24 bits per heavy atom. The average molecular weight is 476 g/mol. The van der Waals surface area contributed by atoms with Gasteiger partial charge in [-0.2, -0.15) is 23.3 Å². The van der Waals surface area contributed by atoms with E-state index in [0.717, 1.165) is 11.1 Å². The maximum absolute atomic E-state index is 13.8. The Balaban J connectivity index is 1.56. The van der Waals surface area contributed by atoms with E-state index >= 15 is 0 Å². The summed E-state index contributed by atoms with van der Waals surface area (Å²) in [5.41, 5.74) is 1.31. The molecule has 0 aliphatic carbocycles. The Labute approximate surface area is 189 Å². The van der Waals surface area contributed by atoms with Gasteiger partial charge in [0.25, 0.3) is 0 Å². The Kier molecular flexibility index (Phi) is 6.09. The smallest absolute Gasteiger partial charge is 0.329 e. The van der Waals surface area contributed by atoms with Gasteiger partial charge in [-0.3, -0.25) is 14.6 Å².